The van der Waals surface area contributed by atoms with E-state index >= 15 is 0 Å². The molecule has 150 valence electrons. The molecule has 0 aromatic heterocycles. The molecule has 2 heterocycles. The molecule has 7 heteroatoms. The van der Waals surface area contributed by atoms with E-state index in [4.69, 9.17) is 0 Å². The number of aryl methyl sites for hydroxylation is 2. The van der Waals surface area contributed by atoms with Gasteiger partial charge >= 0.3 is 0 Å². The summed E-state index contributed by atoms with van der Waals surface area (Å²) in [6, 6.07) is 10.3. The molecule has 0 amide bonds. The summed E-state index contributed by atoms with van der Waals surface area (Å²) in [4.78, 5) is 0. The molecule has 1 saturated heterocycles. The molecule has 28 heavy (non-hydrogen) atoms. The van der Waals surface area contributed by atoms with Crippen molar-refractivity contribution in [2.24, 2.45) is 0 Å². The molecule has 2 aliphatic rings. The minimum atomic E-state index is -3.91. The van der Waals surface area contributed by atoms with Crippen LogP contribution in [0.4, 0.5) is 8.78 Å². The molecule has 2 aliphatic heterocycles. The third-order valence-corrected chi connectivity index (χ3v) is 7.75. The molecular formula is C21H24F2N2O2S. The summed E-state index contributed by atoms with van der Waals surface area (Å²) < 4.78 is 55.2. The van der Waals surface area contributed by atoms with E-state index in [-0.39, 0.29) is 19.6 Å². The first-order chi connectivity index (χ1) is 13.1. The summed E-state index contributed by atoms with van der Waals surface area (Å²) in [5.74, 6) is -2.94. The Balaban J connectivity index is 1.67. The predicted molar refractivity (Wildman–Crippen MR) is 105 cm³/mol. The number of fused-ring (bicyclic) bond motifs is 1. The fraction of sp³-hybridized carbons (Fsp3) is 0.429. The second-order valence-corrected chi connectivity index (χ2v) is 9.83. The topological polar surface area (TPSA) is 40.6 Å². The molecule has 0 unspecified atom stereocenters. The first kappa shape index (κ1) is 19.5. The van der Waals surface area contributed by atoms with E-state index < -0.39 is 29.1 Å². The molecule has 4 nitrogen and oxygen atoms in total. The van der Waals surface area contributed by atoms with Gasteiger partial charge in [0.2, 0.25) is 0 Å². The molecular weight excluding hydrogens is 382 g/mol. The first-order valence-corrected chi connectivity index (χ1v) is 10.8. The number of rotatable bonds is 3. The summed E-state index contributed by atoms with van der Waals surface area (Å²) in [6.07, 6.45) is -0.414. The second kappa shape index (κ2) is 6.61. The van der Waals surface area contributed by atoms with Gasteiger partial charge in [0, 0.05) is 26.1 Å². The van der Waals surface area contributed by atoms with Crippen molar-refractivity contribution in [2.45, 2.75) is 46.2 Å². The van der Waals surface area contributed by atoms with Crippen LogP contribution in [0.3, 0.4) is 0 Å². The molecule has 0 spiro atoms. The highest BCUT2D eigenvalue weighted by Crippen LogP contribution is 2.38. The van der Waals surface area contributed by atoms with Gasteiger partial charge in [0.1, 0.15) is 0 Å². The van der Waals surface area contributed by atoms with E-state index in [9.17, 15) is 17.2 Å². The molecule has 4 rings (SSSR count). The molecule has 1 fully saturated rings. The van der Waals surface area contributed by atoms with Gasteiger partial charge in [0.15, 0.2) is 0 Å². The molecule has 0 radical (unpaired) electrons. The van der Waals surface area contributed by atoms with Gasteiger partial charge in [0.25, 0.3) is 16.1 Å². The van der Waals surface area contributed by atoms with Crippen LogP contribution in [0.15, 0.2) is 30.3 Å². The summed E-state index contributed by atoms with van der Waals surface area (Å²) in [7, 11) is -3.91. The number of halogens is 2. The summed E-state index contributed by atoms with van der Waals surface area (Å²) in [6.45, 7) is 5.63. The van der Waals surface area contributed by atoms with E-state index in [1.807, 2.05) is 20.8 Å². The molecule has 0 atom stereocenters. The minimum absolute atomic E-state index is 0.130. The Morgan fingerprint density at radius 2 is 1.61 bits per heavy atom. The van der Waals surface area contributed by atoms with Crippen molar-refractivity contribution < 1.29 is 17.2 Å². The Kier molecular flexibility index (Phi) is 4.60. The van der Waals surface area contributed by atoms with E-state index in [0.717, 1.165) is 37.7 Å². The molecule has 0 N–H and O–H groups in total. The number of nitrogens with zero attached hydrogens (tertiary/aromatic N) is 2. The SMILES string of the molecule is Cc1ccc(-c2cc(C)c3c(c2C)CN(S(=O)(=O)N2CCC(F)(F)C2)C3)cc1. The smallest absolute Gasteiger partial charge is 0.205 e. The molecule has 2 aromatic carbocycles. The summed E-state index contributed by atoms with van der Waals surface area (Å²) >= 11 is 0. The highest BCUT2D eigenvalue weighted by Gasteiger charge is 2.46. The number of benzene rings is 2. The van der Waals surface area contributed by atoms with E-state index in [1.165, 1.54) is 9.87 Å². The summed E-state index contributed by atoms with van der Waals surface area (Å²) in [5, 5.41) is 0. The van der Waals surface area contributed by atoms with Crippen LogP contribution in [-0.2, 0) is 23.3 Å². The van der Waals surface area contributed by atoms with Crippen molar-refractivity contribution in [3.8, 4) is 11.1 Å². The zero-order chi connectivity index (χ0) is 20.3. The van der Waals surface area contributed by atoms with Gasteiger partial charge in [-0.05, 0) is 54.2 Å². The monoisotopic (exact) mass is 406 g/mol. The Hall–Kier alpha value is -1.83. The van der Waals surface area contributed by atoms with Gasteiger partial charge in [-0.2, -0.15) is 17.0 Å². The van der Waals surface area contributed by atoms with Crippen LogP contribution < -0.4 is 0 Å². The van der Waals surface area contributed by atoms with Gasteiger partial charge in [-0.15, -0.1) is 0 Å². The molecule has 0 aliphatic carbocycles. The fourth-order valence-corrected chi connectivity index (χ4v) is 5.73. The van der Waals surface area contributed by atoms with Crippen LogP contribution in [0.5, 0.6) is 0 Å². The number of hydrogen-bond acceptors (Lipinski definition) is 2. The Labute approximate surface area is 165 Å². The largest absolute Gasteiger partial charge is 0.282 e. The Morgan fingerprint density at radius 3 is 2.21 bits per heavy atom. The maximum absolute atomic E-state index is 13.5. The quantitative estimate of drug-likeness (QED) is 0.767. The lowest BCUT2D eigenvalue weighted by atomic mass is 9.91. The zero-order valence-corrected chi connectivity index (χ0v) is 17.1. The van der Waals surface area contributed by atoms with Crippen LogP contribution in [0, 0.1) is 20.8 Å². The standard InChI is InChI=1S/C21H24F2N2O2S/c1-14-4-6-17(7-5-14)18-10-15(2)19-11-25(12-20(19)16(18)3)28(26,27)24-9-8-21(22,23)13-24/h4-7,10H,8-9,11-13H2,1-3H3. The van der Waals surface area contributed by atoms with Gasteiger partial charge in [-0.25, -0.2) is 8.78 Å². The lowest BCUT2D eigenvalue weighted by molar-refractivity contribution is 0.0179. The normalized spacial score (nSPS) is 19.9. The van der Waals surface area contributed by atoms with Gasteiger partial charge in [-0.3, -0.25) is 0 Å². The average molecular weight is 406 g/mol. The highest BCUT2D eigenvalue weighted by molar-refractivity contribution is 7.86. The van der Waals surface area contributed by atoms with Gasteiger partial charge in [-0.1, -0.05) is 35.9 Å². The highest BCUT2D eigenvalue weighted by atomic mass is 32.2. The van der Waals surface area contributed by atoms with Crippen molar-refractivity contribution in [3.63, 3.8) is 0 Å². The van der Waals surface area contributed by atoms with Crippen LogP contribution in [0.2, 0.25) is 0 Å². The van der Waals surface area contributed by atoms with Crippen molar-refractivity contribution in [3.05, 3.63) is 58.1 Å². The third-order valence-electron chi connectivity index (χ3n) is 5.88. The Bertz CT molecular complexity index is 1030. The minimum Gasteiger partial charge on any atom is -0.205 e. The van der Waals surface area contributed by atoms with Crippen molar-refractivity contribution >= 4 is 10.2 Å². The maximum Gasteiger partial charge on any atom is 0.282 e. The van der Waals surface area contributed by atoms with Crippen LogP contribution in [0.25, 0.3) is 11.1 Å². The second-order valence-electron chi connectivity index (χ2n) is 7.90. The van der Waals surface area contributed by atoms with Gasteiger partial charge in [0.05, 0.1) is 6.54 Å². The van der Waals surface area contributed by atoms with Crippen molar-refractivity contribution in [2.75, 3.05) is 13.1 Å². The third kappa shape index (κ3) is 3.25. The van der Waals surface area contributed by atoms with E-state index in [1.54, 1.807) is 0 Å². The van der Waals surface area contributed by atoms with Gasteiger partial charge < -0.3 is 0 Å². The lowest BCUT2D eigenvalue weighted by Crippen LogP contribution is -2.41. The van der Waals surface area contributed by atoms with Crippen LogP contribution in [-0.4, -0.2) is 36.0 Å². The van der Waals surface area contributed by atoms with Crippen molar-refractivity contribution in [1.29, 1.82) is 0 Å². The summed E-state index contributed by atoms with van der Waals surface area (Å²) in [5.41, 5.74) is 7.42. The average Bonchev–Trinajstić information content (AvgIpc) is 3.24. The molecule has 0 saturated carbocycles. The number of alkyl halides is 2. The molecule has 0 bridgehead atoms. The van der Waals surface area contributed by atoms with E-state index in [0.29, 0.717) is 0 Å². The maximum atomic E-state index is 13.5. The zero-order valence-electron chi connectivity index (χ0n) is 16.3. The number of hydrogen-bond donors (Lipinski definition) is 0. The van der Waals surface area contributed by atoms with Crippen LogP contribution in [0.1, 0.15) is 34.2 Å². The Morgan fingerprint density at radius 1 is 0.964 bits per heavy atom. The lowest BCUT2D eigenvalue weighted by Gasteiger charge is -2.23. The predicted octanol–water partition coefficient (Wildman–Crippen LogP) is 4.18. The first-order valence-electron chi connectivity index (χ1n) is 9.40. The molecule has 2 aromatic rings. The van der Waals surface area contributed by atoms with Crippen molar-refractivity contribution in [1.82, 2.24) is 8.61 Å². The van der Waals surface area contributed by atoms with E-state index in [2.05, 4.69) is 30.3 Å². The fourth-order valence-electron chi connectivity index (χ4n) is 4.14. The van der Waals surface area contributed by atoms with Crippen LogP contribution >= 0.6 is 0 Å².